The van der Waals surface area contributed by atoms with Gasteiger partial charge in [0.05, 0.1) is 6.04 Å². The molecule has 0 heterocycles. The Kier molecular flexibility index (Phi) is 9.30. The fraction of sp³-hybridized carbons (Fsp3) is 0.591. The highest BCUT2D eigenvalue weighted by atomic mass is 16.6. The Hall–Kier alpha value is -2.41. The third-order valence-corrected chi connectivity index (χ3v) is 4.25. The van der Waals surface area contributed by atoms with E-state index in [0.29, 0.717) is 0 Å². The van der Waals surface area contributed by atoms with E-state index in [0.717, 1.165) is 5.56 Å². The van der Waals surface area contributed by atoms with Gasteiger partial charge in [-0.1, -0.05) is 44.2 Å². The monoisotopic (exact) mass is 406 g/mol. The number of ether oxygens (including phenoxy) is 1. The van der Waals surface area contributed by atoms with Gasteiger partial charge >= 0.3 is 6.09 Å². The number of aliphatic hydroxyl groups is 1. The van der Waals surface area contributed by atoms with Gasteiger partial charge in [-0.05, 0) is 45.1 Å². The van der Waals surface area contributed by atoms with Gasteiger partial charge in [0, 0.05) is 18.3 Å². The summed E-state index contributed by atoms with van der Waals surface area (Å²) in [7, 11) is 0. The second-order valence-corrected chi connectivity index (χ2v) is 8.70. The number of hydrogen-bond donors (Lipinski definition) is 2. The minimum atomic E-state index is -1.57. The number of amides is 1. The molecule has 1 aromatic rings. The Labute approximate surface area is 172 Å². The summed E-state index contributed by atoms with van der Waals surface area (Å²) in [6.45, 7) is 8.81. The van der Waals surface area contributed by atoms with Gasteiger partial charge in [0.2, 0.25) is 0 Å². The van der Waals surface area contributed by atoms with Crippen molar-refractivity contribution >= 4 is 17.8 Å². The van der Waals surface area contributed by atoms with Crippen LogP contribution in [-0.4, -0.2) is 40.7 Å². The molecule has 0 saturated carbocycles. The Morgan fingerprint density at radius 3 is 2.21 bits per heavy atom. The zero-order valence-electron chi connectivity index (χ0n) is 17.8. The summed E-state index contributed by atoms with van der Waals surface area (Å²) in [5.41, 5.74) is 0.0623. The summed E-state index contributed by atoms with van der Waals surface area (Å²) >= 11 is 0. The first kappa shape index (κ1) is 24.6. The minimum absolute atomic E-state index is 0.0582. The average Bonchev–Trinajstić information content (AvgIpc) is 2.58. The second-order valence-electron chi connectivity index (χ2n) is 8.70. The quantitative estimate of drug-likeness (QED) is 0.613. The molecule has 162 valence electrons. The zero-order valence-corrected chi connectivity index (χ0v) is 17.8. The lowest BCUT2D eigenvalue weighted by atomic mass is 9.89. The van der Waals surface area contributed by atoms with Gasteiger partial charge in [-0.3, -0.25) is 4.79 Å². The maximum atomic E-state index is 12.6. The van der Waals surface area contributed by atoms with Gasteiger partial charge in [-0.2, -0.15) is 0 Å². The van der Waals surface area contributed by atoms with Gasteiger partial charge in [-0.25, -0.2) is 4.79 Å². The summed E-state index contributed by atoms with van der Waals surface area (Å²) in [5.74, 6) is -2.91. The molecule has 0 spiro atoms. The highest BCUT2D eigenvalue weighted by Crippen LogP contribution is 2.18. The Morgan fingerprint density at radius 2 is 1.72 bits per heavy atom. The van der Waals surface area contributed by atoms with E-state index >= 15 is 0 Å². The number of aliphatic carboxylic acids is 1. The van der Waals surface area contributed by atoms with Gasteiger partial charge in [0.1, 0.15) is 11.7 Å². The summed E-state index contributed by atoms with van der Waals surface area (Å²) in [6.07, 6.45) is -2.24. The molecule has 0 unspecified atom stereocenters. The summed E-state index contributed by atoms with van der Waals surface area (Å²) in [6, 6.07) is 8.11. The van der Waals surface area contributed by atoms with Gasteiger partial charge in [-0.15, -0.1) is 0 Å². The van der Waals surface area contributed by atoms with E-state index < -0.39 is 41.5 Å². The number of rotatable bonds is 10. The third kappa shape index (κ3) is 9.56. The summed E-state index contributed by atoms with van der Waals surface area (Å²) in [4.78, 5) is 36.2. The Morgan fingerprint density at radius 1 is 1.14 bits per heavy atom. The highest BCUT2D eigenvalue weighted by molar-refractivity contribution is 5.87. The van der Waals surface area contributed by atoms with Crippen molar-refractivity contribution in [3.05, 3.63) is 35.9 Å². The van der Waals surface area contributed by atoms with Crippen molar-refractivity contribution in [1.29, 1.82) is 0 Å². The zero-order chi connectivity index (χ0) is 22.2. The van der Waals surface area contributed by atoms with E-state index in [-0.39, 0.29) is 25.2 Å². The number of carbonyl (C=O) groups is 3. The fourth-order valence-electron chi connectivity index (χ4n) is 2.99. The van der Waals surface area contributed by atoms with Crippen LogP contribution in [0.2, 0.25) is 0 Å². The molecule has 7 nitrogen and oxygen atoms in total. The summed E-state index contributed by atoms with van der Waals surface area (Å²) < 4.78 is 5.23. The number of Topliss-reactive ketones (excluding diaryl/α,β-unsaturated/α-hetero) is 1. The number of benzene rings is 1. The number of nitrogens with one attached hydrogen (secondary N) is 1. The molecule has 0 radical (unpaired) electrons. The predicted molar refractivity (Wildman–Crippen MR) is 107 cm³/mol. The van der Waals surface area contributed by atoms with E-state index in [9.17, 15) is 24.6 Å². The molecule has 0 saturated heterocycles. The lowest BCUT2D eigenvalue weighted by Gasteiger charge is -2.27. The molecular formula is C22H32NO6-. The molecule has 1 amide bonds. The van der Waals surface area contributed by atoms with Crippen LogP contribution in [0.25, 0.3) is 0 Å². The normalized spacial score (nSPS) is 14.7. The van der Waals surface area contributed by atoms with Crippen LogP contribution in [0.4, 0.5) is 4.79 Å². The number of alkyl carbamates (subject to hydrolysis) is 1. The average molecular weight is 406 g/mol. The van der Waals surface area contributed by atoms with Crippen molar-refractivity contribution in [3.8, 4) is 0 Å². The minimum Gasteiger partial charge on any atom is -0.550 e. The first-order chi connectivity index (χ1) is 13.4. The maximum absolute atomic E-state index is 12.6. The molecule has 2 N–H and O–H groups in total. The van der Waals surface area contributed by atoms with Crippen molar-refractivity contribution in [3.63, 3.8) is 0 Å². The molecule has 0 aliphatic carbocycles. The third-order valence-electron chi connectivity index (χ3n) is 4.25. The molecule has 1 rings (SSSR count). The van der Waals surface area contributed by atoms with Crippen molar-refractivity contribution in [2.45, 2.75) is 71.6 Å². The van der Waals surface area contributed by atoms with Crippen LogP contribution in [0.5, 0.6) is 0 Å². The van der Waals surface area contributed by atoms with Crippen molar-refractivity contribution < 1.29 is 29.3 Å². The number of carboxylic acids is 1. The predicted octanol–water partition coefficient (Wildman–Crippen LogP) is 1.85. The van der Waals surface area contributed by atoms with E-state index in [4.69, 9.17) is 4.74 Å². The first-order valence-corrected chi connectivity index (χ1v) is 9.84. The van der Waals surface area contributed by atoms with E-state index in [2.05, 4.69) is 5.32 Å². The van der Waals surface area contributed by atoms with Crippen LogP contribution in [0.1, 0.15) is 53.0 Å². The molecule has 1 aromatic carbocycles. The molecule has 0 bridgehead atoms. The van der Waals surface area contributed by atoms with E-state index in [1.807, 2.05) is 44.2 Å². The van der Waals surface area contributed by atoms with Gasteiger partial charge in [0.15, 0.2) is 5.78 Å². The Bertz CT molecular complexity index is 680. The van der Waals surface area contributed by atoms with Crippen LogP contribution in [0.15, 0.2) is 30.3 Å². The van der Waals surface area contributed by atoms with E-state index in [1.165, 1.54) is 0 Å². The van der Waals surface area contributed by atoms with Crippen molar-refractivity contribution in [2.24, 2.45) is 11.8 Å². The Balaban J connectivity index is 2.95. The van der Waals surface area contributed by atoms with Crippen molar-refractivity contribution in [1.82, 2.24) is 5.32 Å². The molecule has 3 atom stereocenters. The highest BCUT2D eigenvalue weighted by Gasteiger charge is 2.31. The molecule has 29 heavy (non-hydrogen) atoms. The standard InChI is InChI=1S/C22H33NO6/c1-14(2)11-16(20(26)27)13-18(24)19(25)17(12-15-9-7-6-8-10-15)23-21(28)29-22(3,4)5/h6-10,14,16-17,19,25H,11-13H2,1-5H3,(H,23,28)(H,26,27)/p-1/t16-,17-,19+/m1/s1. The lowest BCUT2D eigenvalue weighted by molar-refractivity contribution is -0.312. The largest absolute Gasteiger partial charge is 0.550 e. The number of ketones is 1. The number of hydrogen-bond acceptors (Lipinski definition) is 6. The number of carbonyl (C=O) groups excluding carboxylic acids is 3. The maximum Gasteiger partial charge on any atom is 0.407 e. The topological polar surface area (TPSA) is 116 Å². The first-order valence-electron chi connectivity index (χ1n) is 9.84. The van der Waals surface area contributed by atoms with Crippen LogP contribution in [0, 0.1) is 11.8 Å². The fourth-order valence-corrected chi connectivity index (χ4v) is 2.99. The SMILES string of the molecule is CC(C)C[C@H](CC(=O)[C@@H](O)[C@@H](Cc1ccccc1)NC(=O)OC(C)(C)C)C(=O)[O-]. The van der Waals surface area contributed by atoms with Crippen LogP contribution >= 0.6 is 0 Å². The molecule has 0 aliphatic heterocycles. The number of carboxylic acid groups (broad SMARTS) is 1. The molecule has 0 fully saturated rings. The molecule has 0 aromatic heterocycles. The van der Waals surface area contributed by atoms with Crippen LogP contribution < -0.4 is 10.4 Å². The number of aliphatic hydroxyl groups excluding tert-OH is 1. The summed E-state index contributed by atoms with van der Waals surface area (Å²) in [5, 5.41) is 24.5. The van der Waals surface area contributed by atoms with Crippen molar-refractivity contribution in [2.75, 3.05) is 0 Å². The smallest absolute Gasteiger partial charge is 0.407 e. The lowest BCUT2D eigenvalue weighted by Crippen LogP contribution is -2.50. The van der Waals surface area contributed by atoms with Crippen LogP contribution in [0.3, 0.4) is 0 Å². The van der Waals surface area contributed by atoms with E-state index in [1.54, 1.807) is 20.8 Å². The molecule has 0 aliphatic rings. The van der Waals surface area contributed by atoms with Gasteiger partial charge in [0.25, 0.3) is 0 Å². The second kappa shape index (κ2) is 11.0. The van der Waals surface area contributed by atoms with Gasteiger partial charge < -0.3 is 25.1 Å². The molecule has 7 heteroatoms. The molecular weight excluding hydrogens is 374 g/mol. The van der Waals surface area contributed by atoms with Crippen LogP contribution in [-0.2, 0) is 20.7 Å².